The van der Waals surface area contributed by atoms with Crippen LogP contribution in [0.3, 0.4) is 0 Å². The molecule has 176 valence electrons. The summed E-state index contributed by atoms with van der Waals surface area (Å²) in [6, 6.07) is 15.6. The van der Waals surface area contributed by atoms with Gasteiger partial charge in [0.05, 0.1) is 6.26 Å². The number of nitrogens with zero attached hydrogens (tertiary/aromatic N) is 3. The van der Waals surface area contributed by atoms with Crippen molar-refractivity contribution in [3.63, 3.8) is 0 Å². The van der Waals surface area contributed by atoms with Crippen LogP contribution in [0.5, 0.6) is 5.75 Å². The molecule has 4 rings (SSSR count). The fourth-order valence-electron chi connectivity index (χ4n) is 4.10. The normalized spacial score (nSPS) is 18.2. The monoisotopic (exact) mass is 498 g/mol. The molecular formula is C24H23ClN4O4S. The quantitative estimate of drug-likeness (QED) is 0.539. The largest absolute Gasteiger partial charge is 0.383 e. The van der Waals surface area contributed by atoms with E-state index in [1.54, 1.807) is 31.3 Å². The molecule has 34 heavy (non-hydrogen) atoms. The van der Waals surface area contributed by atoms with Crippen LogP contribution in [0.15, 0.2) is 59.6 Å². The number of pyridine rings is 1. The number of rotatable bonds is 5. The molecular weight excluding hydrogens is 476 g/mol. The van der Waals surface area contributed by atoms with Crippen LogP contribution >= 0.6 is 11.6 Å². The maximum atomic E-state index is 13.6. The van der Waals surface area contributed by atoms with Crippen LogP contribution in [0.25, 0.3) is 11.1 Å². The third-order valence-corrected chi connectivity index (χ3v) is 6.19. The second-order valence-corrected chi connectivity index (χ2v) is 10.2. The summed E-state index contributed by atoms with van der Waals surface area (Å²) in [4.78, 5) is 24.0. The molecule has 0 saturated heterocycles. The van der Waals surface area contributed by atoms with Crippen molar-refractivity contribution in [3.05, 3.63) is 82.1 Å². The smallest absolute Gasteiger partial charge is 0.306 e. The molecule has 0 aliphatic carbocycles. The number of guanidine groups is 1. The number of likely N-dealkylation sites (N-methyl/N-ethyl adjacent to an activating group) is 1. The number of halogens is 1. The van der Waals surface area contributed by atoms with Gasteiger partial charge in [0, 0.05) is 29.5 Å². The van der Waals surface area contributed by atoms with Gasteiger partial charge in [-0.2, -0.15) is 8.42 Å². The Morgan fingerprint density at radius 1 is 1.00 bits per heavy atom. The molecule has 0 spiro atoms. The van der Waals surface area contributed by atoms with Gasteiger partial charge in [-0.3, -0.25) is 14.7 Å². The number of benzene rings is 2. The van der Waals surface area contributed by atoms with E-state index in [4.69, 9.17) is 21.5 Å². The van der Waals surface area contributed by atoms with Gasteiger partial charge in [0.2, 0.25) is 0 Å². The van der Waals surface area contributed by atoms with Gasteiger partial charge >= 0.3 is 10.1 Å². The summed E-state index contributed by atoms with van der Waals surface area (Å²) < 4.78 is 28.2. The zero-order chi connectivity index (χ0) is 24.8. The van der Waals surface area contributed by atoms with Crippen molar-refractivity contribution < 1.29 is 17.4 Å². The molecule has 1 unspecified atom stereocenters. The van der Waals surface area contributed by atoms with Gasteiger partial charge in [-0.1, -0.05) is 29.8 Å². The van der Waals surface area contributed by atoms with Crippen molar-refractivity contribution in [1.29, 1.82) is 0 Å². The molecule has 2 N–H and O–H groups in total. The van der Waals surface area contributed by atoms with E-state index in [0.717, 1.165) is 17.6 Å². The molecule has 0 fully saturated rings. The summed E-state index contributed by atoms with van der Waals surface area (Å²) in [5.74, 6) is -0.0992. The first kappa shape index (κ1) is 23.7. The molecule has 0 bridgehead atoms. The number of carbonyl (C=O) groups is 1. The topological polar surface area (TPSA) is 115 Å². The predicted octanol–water partition coefficient (Wildman–Crippen LogP) is 3.39. The third-order valence-electron chi connectivity index (χ3n) is 5.47. The van der Waals surface area contributed by atoms with E-state index < -0.39 is 15.7 Å². The second-order valence-electron chi connectivity index (χ2n) is 8.23. The number of aryl methyl sites for hydroxylation is 2. The molecule has 1 amide bonds. The molecule has 3 aromatic rings. The molecule has 8 nitrogen and oxygen atoms in total. The Balaban J connectivity index is 1.92. The number of amides is 1. The molecule has 2 aromatic carbocycles. The summed E-state index contributed by atoms with van der Waals surface area (Å²) in [6.07, 6.45) is 0.960. The first-order valence-electron chi connectivity index (χ1n) is 10.3. The summed E-state index contributed by atoms with van der Waals surface area (Å²) >= 11 is 6.23. The lowest BCUT2D eigenvalue weighted by molar-refractivity contribution is -0.129. The number of nitrogens with two attached hydrogens (primary N) is 1. The fourth-order valence-corrected chi connectivity index (χ4v) is 4.77. The molecule has 1 aliphatic heterocycles. The number of hydrogen-bond acceptors (Lipinski definition) is 7. The molecule has 2 heterocycles. The Bertz CT molecular complexity index is 1430. The van der Waals surface area contributed by atoms with Crippen molar-refractivity contribution >= 4 is 33.6 Å². The molecule has 1 aromatic heterocycles. The average molecular weight is 499 g/mol. The standard InChI is InChI=1S/C24H23ClN4O4S/c1-14-8-19(9-15(2)27-14)24(22(30)29(3)23(26)28-24)18-7-5-6-16(10-18)17-11-20(25)13-21(12-17)33-34(4,31)32/h5-13H,1-4H3,(H2,26,28). The van der Waals surface area contributed by atoms with E-state index in [1.165, 1.54) is 11.0 Å². The second kappa shape index (κ2) is 8.41. The highest BCUT2D eigenvalue weighted by molar-refractivity contribution is 7.86. The minimum atomic E-state index is -3.73. The zero-order valence-electron chi connectivity index (χ0n) is 19.0. The Kier molecular flexibility index (Phi) is 5.87. The van der Waals surface area contributed by atoms with Crippen LogP contribution in [-0.2, 0) is 20.5 Å². The van der Waals surface area contributed by atoms with Crippen LogP contribution < -0.4 is 9.92 Å². The van der Waals surface area contributed by atoms with Gasteiger partial charge in [0.1, 0.15) is 5.75 Å². The van der Waals surface area contributed by atoms with Crippen LogP contribution in [0, 0.1) is 13.8 Å². The van der Waals surface area contributed by atoms with Gasteiger partial charge in [-0.25, -0.2) is 4.99 Å². The Morgan fingerprint density at radius 3 is 2.26 bits per heavy atom. The Morgan fingerprint density at radius 2 is 1.68 bits per heavy atom. The maximum absolute atomic E-state index is 13.6. The Labute approximate surface area is 203 Å². The lowest BCUT2D eigenvalue weighted by Gasteiger charge is -2.27. The summed E-state index contributed by atoms with van der Waals surface area (Å²) in [5, 5.41) is 0.301. The lowest BCUT2D eigenvalue weighted by Crippen LogP contribution is -2.41. The van der Waals surface area contributed by atoms with Gasteiger partial charge < -0.3 is 9.92 Å². The van der Waals surface area contributed by atoms with E-state index in [0.29, 0.717) is 27.3 Å². The van der Waals surface area contributed by atoms with Gasteiger partial charge in [0.25, 0.3) is 5.91 Å². The van der Waals surface area contributed by atoms with Crippen molar-refractivity contribution in [3.8, 4) is 16.9 Å². The summed E-state index contributed by atoms with van der Waals surface area (Å²) in [5.41, 5.74) is 8.75. The average Bonchev–Trinajstić information content (AvgIpc) is 2.96. The van der Waals surface area contributed by atoms with Gasteiger partial charge in [-0.05, 0) is 66.4 Å². The van der Waals surface area contributed by atoms with Crippen LogP contribution in [0.1, 0.15) is 22.5 Å². The van der Waals surface area contributed by atoms with Crippen LogP contribution in [0.4, 0.5) is 0 Å². The predicted molar refractivity (Wildman–Crippen MR) is 131 cm³/mol. The first-order valence-corrected chi connectivity index (χ1v) is 12.5. The highest BCUT2D eigenvalue weighted by Gasteiger charge is 2.49. The van der Waals surface area contributed by atoms with E-state index >= 15 is 0 Å². The number of aliphatic imine (C=N–C) groups is 1. The van der Waals surface area contributed by atoms with Gasteiger partial charge in [-0.15, -0.1) is 0 Å². The van der Waals surface area contributed by atoms with Crippen molar-refractivity contribution in [2.45, 2.75) is 19.4 Å². The van der Waals surface area contributed by atoms with E-state index in [-0.39, 0.29) is 17.6 Å². The Hall–Kier alpha value is -3.43. The SMILES string of the molecule is Cc1cc(C2(c3cccc(-c4cc(Cl)cc(OS(C)(=O)=O)c4)c3)N=C(N)N(C)C2=O)cc(C)n1. The van der Waals surface area contributed by atoms with Crippen molar-refractivity contribution in [2.24, 2.45) is 10.7 Å². The molecule has 10 heteroatoms. The van der Waals surface area contributed by atoms with Crippen LogP contribution in [-0.4, -0.2) is 43.5 Å². The number of carbonyl (C=O) groups excluding carboxylic acids is 1. The highest BCUT2D eigenvalue weighted by Crippen LogP contribution is 2.41. The molecule has 1 atom stereocenters. The zero-order valence-corrected chi connectivity index (χ0v) is 20.6. The van der Waals surface area contributed by atoms with Crippen molar-refractivity contribution in [1.82, 2.24) is 9.88 Å². The minimum Gasteiger partial charge on any atom is -0.383 e. The van der Waals surface area contributed by atoms with Crippen LogP contribution in [0.2, 0.25) is 5.02 Å². The maximum Gasteiger partial charge on any atom is 0.306 e. The molecule has 0 radical (unpaired) electrons. The highest BCUT2D eigenvalue weighted by atomic mass is 35.5. The van der Waals surface area contributed by atoms with Gasteiger partial charge in [0.15, 0.2) is 11.5 Å². The molecule has 0 saturated carbocycles. The summed E-state index contributed by atoms with van der Waals surface area (Å²) in [7, 11) is -2.15. The van der Waals surface area contributed by atoms with Crippen molar-refractivity contribution in [2.75, 3.05) is 13.3 Å². The fraction of sp³-hybridized carbons (Fsp3) is 0.208. The lowest BCUT2D eigenvalue weighted by atomic mass is 9.81. The summed E-state index contributed by atoms with van der Waals surface area (Å²) in [6.45, 7) is 3.71. The van der Waals surface area contributed by atoms with E-state index in [9.17, 15) is 13.2 Å². The van der Waals surface area contributed by atoms with E-state index in [2.05, 4.69) is 9.98 Å². The third kappa shape index (κ3) is 4.36. The first-order chi connectivity index (χ1) is 15.9. The number of hydrogen-bond donors (Lipinski definition) is 1. The number of aromatic nitrogens is 1. The molecule has 1 aliphatic rings. The minimum absolute atomic E-state index is 0.0874. The van der Waals surface area contributed by atoms with E-state index in [1.807, 2.05) is 38.1 Å².